The lowest BCUT2D eigenvalue weighted by Crippen LogP contribution is -2.25. The molecule has 3 aromatic rings. The zero-order valence-electron chi connectivity index (χ0n) is 20.1. The van der Waals surface area contributed by atoms with Crippen LogP contribution in [-0.4, -0.2) is 47.4 Å². The number of hydrogen-bond donors (Lipinski definition) is 0. The number of rotatable bonds is 7. The quantitative estimate of drug-likeness (QED) is 0.280. The van der Waals surface area contributed by atoms with E-state index in [0.717, 1.165) is 5.69 Å². The summed E-state index contributed by atoms with van der Waals surface area (Å²) in [6, 6.07) is 18.9. The first kappa shape index (κ1) is 24.0. The van der Waals surface area contributed by atoms with Crippen LogP contribution in [0.4, 0.5) is 0 Å². The lowest BCUT2D eigenvalue weighted by Gasteiger charge is -2.17. The predicted octanol–water partition coefficient (Wildman–Crippen LogP) is 4.12. The summed E-state index contributed by atoms with van der Waals surface area (Å²) in [5.74, 6) is -1.79. The monoisotopic (exact) mass is 489 g/mol. The number of carbonyl (C=O) groups is 3. The molecule has 1 saturated heterocycles. The van der Waals surface area contributed by atoms with Crippen molar-refractivity contribution in [1.29, 1.82) is 0 Å². The van der Waals surface area contributed by atoms with Gasteiger partial charge in [-0.2, -0.15) is 0 Å². The fraction of sp³-hybridized carbons (Fsp3) is 0.321. The average Bonchev–Trinajstić information content (AvgIpc) is 3.58. The first-order chi connectivity index (χ1) is 17.3. The molecule has 5 rings (SSSR count). The molecule has 2 aliphatic rings. The number of carbonyl (C=O) groups excluding carboxylic acids is 3. The van der Waals surface area contributed by atoms with E-state index in [-0.39, 0.29) is 18.5 Å². The van der Waals surface area contributed by atoms with Crippen molar-refractivity contribution in [1.82, 2.24) is 4.57 Å². The number of aromatic nitrogens is 1. The summed E-state index contributed by atoms with van der Waals surface area (Å²) in [6.07, 6.45) is 0.246. The molecular weight excluding hydrogens is 462 g/mol. The van der Waals surface area contributed by atoms with Gasteiger partial charge in [0, 0.05) is 17.8 Å². The van der Waals surface area contributed by atoms with Crippen molar-refractivity contribution in [2.45, 2.75) is 44.6 Å². The first-order valence-electron chi connectivity index (χ1n) is 11.9. The maximum absolute atomic E-state index is 12.9. The van der Waals surface area contributed by atoms with Gasteiger partial charge in [0.25, 0.3) is 0 Å². The normalized spacial score (nSPS) is 20.1. The molecular formula is C28H27NO7. The van der Waals surface area contributed by atoms with Crippen molar-refractivity contribution < 1.29 is 33.3 Å². The van der Waals surface area contributed by atoms with Crippen LogP contribution in [0.1, 0.15) is 58.3 Å². The molecule has 2 atom stereocenters. The molecule has 186 valence electrons. The summed E-state index contributed by atoms with van der Waals surface area (Å²) in [6.45, 7) is 4.63. The van der Waals surface area contributed by atoms with Crippen LogP contribution in [-0.2, 0) is 25.5 Å². The number of esters is 2. The van der Waals surface area contributed by atoms with Crippen LogP contribution in [0.2, 0.25) is 0 Å². The highest BCUT2D eigenvalue weighted by molar-refractivity contribution is 6.08. The molecule has 8 nitrogen and oxygen atoms in total. The number of nitrogens with zero attached hydrogens (tertiary/aromatic N) is 1. The van der Waals surface area contributed by atoms with E-state index in [1.807, 2.05) is 28.8 Å². The number of benzene rings is 2. The Morgan fingerprint density at radius 1 is 0.972 bits per heavy atom. The summed E-state index contributed by atoms with van der Waals surface area (Å²) >= 11 is 0. The number of ether oxygens (including phenoxy) is 4. The Morgan fingerprint density at radius 3 is 2.42 bits per heavy atom. The average molecular weight is 490 g/mol. The van der Waals surface area contributed by atoms with Gasteiger partial charge >= 0.3 is 11.9 Å². The van der Waals surface area contributed by atoms with Gasteiger partial charge < -0.3 is 23.5 Å². The number of fused-ring (bicyclic) bond motifs is 1. The fourth-order valence-electron chi connectivity index (χ4n) is 4.56. The van der Waals surface area contributed by atoms with E-state index in [9.17, 15) is 14.4 Å². The molecule has 2 aliphatic heterocycles. The Morgan fingerprint density at radius 2 is 1.72 bits per heavy atom. The number of hydrogen-bond acceptors (Lipinski definition) is 7. The molecule has 2 aromatic carbocycles. The van der Waals surface area contributed by atoms with E-state index in [4.69, 9.17) is 18.9 Å². The fourth-order valence-corrected chi connectivity index (χ4v) is 4.56. The second kappa shape index (κ2) is 9.72. The molecule has 0 aliphatic carbocycles. The third kappa shape index (κ3) is 4.96. The van der Waals surface area contributed by atoms with E-state index in [1.54, 1.807) is 56.3 Å². The molecule has 36 heavy (non-hydrogen) atoms. The first-order valence-corrected chi connectivity index (χ1v) is 11.9. The summed E-state index contributed by atoms with van der Waals surface area (Å²) in [7, 11) is 0. The standard InChI is InChI=1S/C28H27NO7/c1-28(2)34-17-21(36-28)16-33-26(31)19-8-10-20(11-9-19)35-27(32)22-14-15-29-23(22)12-13-24(29)25(30)18-6-4-3-5-7-18/h3-13,21-22H,14-17H2,1-2H3. The van der Waals surface area contributed by atoms with Crippen LogP contribution < -0.4 is 4.74 Å². The third-order valence-electron chi connectivity index (χ3n) is 6.34. The molecule has 0 amide bonds. The zero-order chi connectivity index (χ0) is 25.3. The summed E-state index contributed by atoms with van der Waals surface area (Å²) in [5.41, 5.74) is 2.27. The molecule has 0 radical (unpaired) electrons. The molecule has 1 aromatic heterocycles. The Balaban J connectivity index is 1.18. The van der Waals surface area contributed by atoms with Gasteiger partial charge in [-0.15, -0.1) is 0 Å². The smallest absolute Gasteiger partial charge is 0.338 e. The molecule has 0 spiro atoms. The Hall–Kier alpha value is -3.75. The Bertz CT molecular complexity index is 1280. The van der Waals surface area contributed by atoms with Crippen LogP contribution >= 0.6 is 0 Å². The van der Waals surface area contributed by atoms with Crippen LogP contribution in [0.5, 0.6) is 5.75 Å². The third-order valence-corrected chi connectivity index (χ3v) is 6.34. The highest BCUT2D eigenvalue weighted by atomic mass is 16.7. The Kier molecular flexibility index (Phi) is 6.47. The van der Waals surface area contributed by atoms with E-state index >= 15 is 0 Å². The highest BCUT2D eigenvalue weighted by Gasteiger charge is 2.34. The van der Waals surface area contributed by atoms with Crippen LogP contribution in [0.3, 0.4) is 0 Å². The van der Waals surface area contributed by atoms with Gasteiger partial charge in [0.05, 0.1) is 23.8 Å². The minimum atomic E-state index is -0.678. The van der Waals surface area contributed by atoms with Gasteiger partial charge in [-0.25, -0.2) is 4.79 Å². The molecule has 1 fully saturated rings. The molecule has 8 heteroatoms. The van der Waals surface area contributed by atoms with Crippen molar-refractivity contribution in [3.63, 3.8) is 0 Å². The van der Waals surface area contributed by atoms with E-state index in [2.05, 4.69) is 0 Å². The lowest BCUT2D eigenvalue weighted by molar-refractivity contribution is -0.142. The van der Waals surface area contributed by atoms with Gasteiger partial charge in [-0.1, -0.05) is 30.3 Å². The van der Waals surface area contributed by atoms with Crippen LogP contribution in [0.25, 0.3) is 0 Å². The van der Waals surface area contributed by atoms with Crippen molar-refractivity contribution in [2.24, 2.45) is 0 Å². The van der Waals surface area contributed by atoms with Crippen molar-refractivity contribution in [2.75, 3.05) is 13.2 Å². The Labute approximate surface area is 208 Å². The second-order valence-electron chi connectivity index (χ2n) is 9.33. The topological polar surface area (TPSA) is 93.1 Å². The van der Waals surface area contributed by atoms with Crippen LogP contribution in [0, 0.1) is 0 Å². The molecule has 0 bridgehead atoms. The second-order valence-corrected chi connectivity index (χ2v) is 9.33. The minimum absolute atomic E-state index is 0.0749. The zero-order valence-corrected chi connectivity index (χ0v) is 20.1. The van der Waals surface area contributed by atoms with Crippen LogP contribution in [0.15, 0.2) is 66.7 Å². The predicted molar refractivity (Wildman–Crippen MR) is 129 cm³/mol. The highest BCUT2D eigenvalue weighted by Crippen LogP contribution is 2.33. The SMILES string of the molecule is CC1(C)OCC(COC(=O)c2ccc(OC(=O)C3CCn4c(C(=O)c5ccccc5)ccc43)cc2)O1. The van der Waals surface area contributed by atoms with Gasteiger partial charge in [0.2, 0.25) is 5.78 Å². The van der Waals surface area contributed by atoms with E-state index < -0.39 is 23.6 Å². The molecule has 3 heterocycles. The maximum atomic E-state index is 12.9. The molecule has 0 saturated carbocycles. The molecule has 0 N–H and O–H groups in total. The molecule has 2 unspecified atom stereocenters. The van der Waals surface area contributed by atoms with Gasteiger partial charge in [0.1, 0.15) is 18.5 Å². The van der Waals surface area contributed by atoms with E-state index in [0.29, 0.717) is 42.1 Å². The minimum Gasteiger partial charge on any atom is -0.459 e. The summed E-state index contributed by atoms with van der Waals surface area (Å²) in [4.78, 5) is 38.1. The summed E-state index contributed by atoms with van der Waals surface area (Å²) < 4.78 is 23.9. The lowest BCUT2D eigenvalue weighted by atomic mass is 10.1. The largest absolute Gasteiger partial charge is 0.459 e. The van der Waals surface area contributed by atoms with Gasteiger partial charge in [-0.3, -0.25) is 9.59 Å². The summed E-state index contributed by atoms with van der Waals surface area (Å²) in [5, 5.41) is 0. The van der Waals surface area contributed by atoms with Crippen molar-refractivity contribution in [3.8, 4) is 5.75 Å². The van der Waals surface area contributed by atoms with E-state index in [1.165, 1.54) is 0 Å². The van der Waals surface area contributed by atoms with Crippen molar-refractivity contribution in [3.05, 3.63) is 89.2 Å². The number of ketones is 1. The van der Waals surface area contributed by atoms with Gasteiger partial charge in [-0.05, 0) is 56.7 Å². The maximum Gasteiger partial charge on any atom is 0.338 e. The van der Waals surface area contributed by atoms with Crippen molar-refractivity contribution >= 4 is 17.7 Å². The van der Waals surface area contributed by atoms with Gasteiger partial charge in [0.15, 0.2) is 5.79 Å².